The van der Waals surface area contributed by atoms with Gasteiger partial charge >= 0.3 is 6.18 Å². The number of aromatic hydroxyl groups is 1. The van der Waals surface area contributed by atoms with E-state index in [1.165, 1.54) is 0 Å². The number of phenols is 1. The lowest BCUT2D eigenvalue weighted by atomic mass is 10.1. The molecule has 1 aromatic rings. The van der Waals surface area contributed by atoms with Crippen molar-refractivity contribution in [3.8, 4) is 5.75 Å². The lowest BCUT2D eigenvalue weighted by Crippen LogP contribution is -2.07. The number of phenolic OH excluding ortho intramolecular Hbond substituents is 1. The minimum Gasteiger partial charge on any atom is -0.506 e. The van der Waals surface area contributed by atoms with Gasteiger partial charge in [-0.1, -0.05) is 11.6 Å². The van der Waals surface area contributed by atoms with E-state index in [1.54, 1.807) is 0 Å². The van der Waals surface area contributed by atoms with Crippen LogP contribution in [-0.4, -0.2) is 10.9 Å². The number of hydrogen-bond donors (Lipinski definition) is 1. The van der Waals surface area contributed by atoms with E-state index in [9.17, 15) is 18.0 Å². The predicted molar refractivity (Wildman–Crippen MR) is 48.1 cm³/mol. The Morgan fingerprint density at radius 2 is 1.93 bits per heavy atom. The molecule has 0 fully saturated rings. The first kappa shape index (κ1) is 11.8. The van der Waals surface area contributed by atoms with Gasteiger partial charge < -0.3 is 5.11 Å². The summed E-state index contributed by atoms with van der Waals surface area (Å²) in [6.07, 6.45) is -4.69. The number of hydrogen-bond acceptors (Lipinski definition) is 2. The van der Waals surface area contributed by atoms with Crippen molar-refractivity contribution in [2.24, 2.45) is 0 Å². The van der Waals surface area contributed by atoms with E-state index in [2.05, 4.69) is 0 Å². The molecule has 15 heavy (non-hydrogen) atoms. The molecule has 0 aromatic heterocycles. The van der Waals surface area contributed by atoms with Crippen LogP contribution in [0.4, 0.5) is 13.2 Å². The average molecular weight is 239 g/mol. The van der Waals surface area contributed by atoms with Crippen molar-refractivity contribution in [2.75, 3.05) is 0 Å². The molecule has 6 heteroatoms. The summed E-state index contributed by atoms with van der Waals surface area (Å²) in [7, 11) is 0. The summed E-state index contributed by atoms with van der Waals surface area (Å²) in [4.78, 5) is 10.9. The van der Waals surface area contributed by atoms with E-state index in [-0.39, 0.29) is 5.56 Å². The van der Waals surface area contributed by atoms with Gasteiger partial charge in [0.25, 0.3) is 0 Å². The number of benzene rings is 1. The van der Waals surface area contributed by atoms with Gasteiger partial charge in [-0.3, -0.25) is 4.79 Å². The first-order chi connectivity index (χ1) is 6.75. The van der Waals surface area contributed by atoms with Gasteiger partial charge in [-0.05, 0) is 19.1 Å². The van der Waals surface area contributed by atoms with E-state index in [4.69, 9.17) is 16.7 Å². The molecule has 1 aromatic carbocycles. The van der Waals surface area contributed by atoms with Crippen molar-refractivity contribution in [3.05, 3.63) is 28.3 Å². The molecular formula is C9H6ClF3O2. The number of Topliss-reactive ketones (excluding diaryl/α,β-unsaturated/α-hetero) is 1. The highest BCUT2D eigenvalue weighted by atomic mass is 35.5. The molecule has 0 aliphatic carbocycles. The Labute approximate surface area is 88.3 Å². The SMILES string of the molecule is CC(=O)c1ccc(C(F)(F)F)c(O)c1Cl. The summed E-state index contributed by atoms with van der Waals surface area (Å²) in [5, 5.41) is 8.59. The Bertz CT molecular complexity index is 413. The Hall–Kier alpha value is -1.23. The van der Waals surface area contributed by atoms with E-state index in [1.807, 2.05) is 0 Å². The first-order valence-corrected chi connectivity index (χ1v) is 4.22. The maximum absolute atomic E-state index is 12.3. The van der Waals surface area contributed by atoms with E-state index in [0.29, 0.717) is 6.07 Å². The van der Waals surface area contributed by atoms with Crippen LogP contribution in [0.15, 0.2) is 12.1 Å². The Kier molecular flexibility index (Phi) is 2.95. The Morgan fingerprint density at radius 3 is 2.33 bits per heavy atom. The number of alkyl halides is 3. The van der Waals surface area contributed by atoms with Gasteiger partial charge in [0.05, 0.1) is 10.6 Å². The molecule has 82 valence electrons. The molecule has 1 N–H and O–H groups in total. The average Bonchev–Trinajstić information content (AvgIpc) is 2.06. The van der Waals surface area contributed by atoms with Crippen molar-refractivity contribution in [1.29, 1.82) is 0 Å². The molecule has 0 bridgehead atoms. The zero-order chi connectivity index (χ0) is 11.8. The molecule has 0 atom stereocenters. The fourth-order valence-corrected chi connectivity index (χ4v) is 1.36. The number of ketones is 1. The second-order valence-corrected chi connectivity index (χ2v) is 3.26. The van der Waals surface area contributed by atoms with Crippen LogP contribution in [0.2, 0.25) is 5.02 Å². The minimum absolute atomic E-state index is 0.137. The summed E-state index contributed by atoms with van der Waals surface area (Å²) in [6, 6.07) is 1.56. The Balaban J connectivity index is 3.41. The number of rotatable bonds is 1. The lowest BCUT2D eigenvalue weighted by Gasteiger charge is -2.11. The smallest absolute Gasteiger partial charge is 0.420 e. The van der Waals surface area contributed by atoms with Crippen LogP contribution in [0.1, 0.15) is 22.8 Å². The molecule has 1 rings (SSSR count). The number of carbonyl (C=O) groups excluding carboxylic acids is 1. The van der Waals surface area contributed by atoms with Crippen LogP contribution < -0.4 is 0 Å². The monoisotopic (exact) mass is 238 g/mol. The fourth-order valence-electron chi connectivity index (χ4n) is 1.07. The van der Waals surface area contributed by atoms with Crippen molar-refractivity contribution >= 4 is 17.4 Å². The highest BCUT2D eigenvalue weighted by molar-refractivity contribution is 6.35. The zero-order valence-corrected chi connectivity index (χ0v) is 8.28. The van der Waals surface area contributed by atoms with Crippen molar-refractivity contribution in [2.45, 2.75) is 13.1 Å². The number of halogens is 4. The predicted octanol–water partition coefficient (Wildman–Crippen LogP) is 3.27. The van der Waals surface area contributed by atoms with Gasteiger partial charge in [0, 0.05) is 5.56 Å². The van der Waals surface area contributed by atoms with Crippen LogP contribution in [0.5, 0.6) is 5.75 Å². The first-order valence-electron chi connectivity index (χ1n) is 3.84. The zero-order valence-electron chi connectivity index (χ0n) is 7.52. The molecule has 0 aliphatic heterocycles. The summed E-state index contributed by atoms with van der Waals surface area (Å²) >= 11 is 5.43. The second-order valence-electron chi connectivity index (χ2n) is 2.88. The van der Waals surface area contributed by atoms with Gasteiger partial charge in [-0.2, -0.15) is 13.2 Å². The van der Waals surface area contributed by atoms with Crippen LogP contribution in [-0.2, 0) is 6.18 Å². The van der Waals surface area contributed by atoms with Crippen LogP contribution in [0, 0.1) is 0 Å². The molecular weight excluding hydrogens is 233 g/mol. The molecule has 0 aliphatic rings. The third-order valence-electron chi connectivity index (χ3n) is 1.80. The van der Waals surface area contributed by atoms with E-state index in [0.717, 1.165) is 13.0 Å². The molecule has 0 radical (unpaired) electrons. The molecule has 0 spiro atoms. The summed E-state index contributed by atoms with van der Waals surface area (Å²) < 4.78 is 36.8. The molecule has 0 unspecified atom stereocenters. The summed E-state index contributed by atoms with van der Waals surface area (Å²) in [5.41, 5.74) is -1.39. The van der Waals surface area contributed by atoms with Gasteiger partial charge in [0.1, 0.15) is 5.75 Å². The van der Waals surface area contributed by atoms with E-state index >= 15 is 0 Å². The van der Waals surface area contributed by atoms with Crippen LogP contribution in [0.25, 0.3) is 0 Å². The number of carbonyl (C=O) groups is 1. The maximum atomic E-state index is 12.3. The third kappa shape index (κ3) is 2.23. The largest absolute Gasteiger partial charge is 0.506 e. The maximum Gasteiger partial charge on any atom is 0.420 e. The molecule has 0 saturated heterocycles. The van der Waals surface area contributed by atoms with Crippen LogP contribution >= 0.6 is 11.6 Å². The molecule has 0 saturated carbocycles. The fraction of sp³-hybridized carbons (Fsp3) is 0.222. The van der Waals surface area contributed by atoms with Crippen molar-refractivity contribution in [1.82, 2.24) is 0 Å². The highest BCUT2D eigenvalue weighted by Gasteiger charge is 2.35. The van der Waals surface area contributed by atoms with Gasteiger partial charge in [-0.25, -0.2) is 0 Å². The highest BCUT2D eigenvalue weighted by Crippen LogP contribution is 2.40. The normalized spacial score (nSPS) is 11.5. The Morgan fingerprint density at radius 1 is 1.40 bits per heavy atom. The van der Waals surface area contributed by atoms with Gasteiger partial charge in [-0.15, -0.1) is 0 Å². The third-order valence-corrected chi connectivity index (χ3v) is 2.18. The molecule has 0 heterocycles. The van der Waals surface area contributed by atoms with Gasteiger partial charge in [0.15, 0.2) is 5.78 Å². The second kappa shape index (κ2) is 3.73. The molecule has 0 amide bonds. The van der Waals surface area contributed by atoms with Crippen LogP contribution in [0.3, 0.4) is 0 Å². The topological polar surface area (TPSA) is 37.3 Å². The van der Waals surface area contributed by atoms with E-state index < -0.39 is 28.3 Å². The van der Waals surface area contributed by atoms with Gasteiger partial charge in [0.2, 0.25) is 0 Å². The summed E-state index contributed by atoms with van der Waals surface area (Å²) in [6.45, 7) is 1.15. The summed E-state index contributed by atoms with van der Waals surface area (Å²) in [5.74, 6) is -1.62. The van der Waals surface area contributed by atoms with Crippen molar-refractivity contribution in [3.63, 3.8) is 0 Å². The minimum atomic E-state index is -4.69. The quantitative estimate of drug-likeness (QED) is 0.763. The standard InChI is InChI=1S/C9H6ClF3O2/c1-4(14)5-2-3-6(9(11,12)13)8(15)7(5)10/h2-3,15H,1H3. The molecule has 2 nitrogen and oxygen atoms in total. The van der Waals surface area contributed by atoms with Crippen molar-refractivity contribution < 1.29 is 23.1 Å². The lowest BCUT2D eigenvalue weighted by molar-refractivity contribution is -0.138.